The maximum Gasteiger partial charge on any atom is 0.138 e. The van der Waals surface area contributed by atoms with Crippen LogP contribution in [-0.4, -0.2) is 0 Å². The van der Waals surface area contributed by atoms with Crippen LogP contribution in [0.2, 0.25) is 0 Å². The summed E-state index contributed by atoms with van der Waals surface area (Å²) in [5.41, 5.74) is 2.21. The van der Waals surface area contributed by atoms with Gasteiger partial charge in [0.2, 0.25) is 0 Å². The van der Waals surface area contributed by atoms with E-state index < -0.39 is 0 Å². The Morgan fingerprint density at radius 2 is 1.00 bits per heavy atom. The molecule has 6 heteroatoms. The lowest BCUT2D eigenvalue weighted by molar-refractivity contribution is 1.43. The van der Waals surface area contributed by atoms with Crippen molar-refractivity contribution in [1.82, 2.24) is 0 Å². The van der Waals surface area contributed by atoms with Crippen LogP contribution in [0, 0.1) is 68.0 Å². The van der Waals surface area contributed by atoms with Crippen LogP contribution in [0.15, 0.2) is 29.8 Å². The molecule has 2 aromatic rings. The minimum atomic E-state index is -0.219. The van der Waals surface area contributed by atoms with Gasteiger partial charge in [-0.3, -0.25) is 0 Å². The van der Waals surface area contributed by atoms with Gasteiger partial charge in [-0.15, -0.1) is 0 Å². The summed E-state index contributed by atoms with van der Waals surface area (Å²) in [7, 11) is 0. The van der Waals surface area contributed by atoms with E-state index in [0.717, 1.165) is 0 Å². The average Bonchev–Trinajstić information content (AvgIpc) is 3.01. The lowest BCUT2D eigenvalue weighted by Crippen LogP contribution is -1.91. The van der Waals surface area contributed by atoms with Gasteiger partial charge in [0.05, 0.1) is 46.5 Å². The number of fused-ring (bicyclic) bond motifs is 3. The van der Waals surface area contributed by atoms with Crippen LogP contribution in [0.4, 0.5) is 0 Å². The van der Waals surface area contributed by atoms with Gasteiger partial charge in [0.1, 0.15) is 17.7 Å². The molecule has 2 aromatic carbocycles. The summed E-state index contributed by atoms with van der Waals surface area (Å²) in [6.07, 6.45) is 0. The fraction of sp³-hybridized carbons (Fsp3) is 0. The van der Waals surface area contributed by atoms with Gasteiger partial charge in [-0.05, 0) is 35.4 Å². The number of nitrogens with zero attached hydrogens (tertiary/aromatic N) is 6. The quantitative estimate of drug-likeness (QED) is 0.580. The van der Waals surface area contributed by atoms with Crippen molar-refractivity contribution in [3.63, 3.8) is 0 Å². The second kappa shape index (κ2) is 5.96. The Morgan fingerprint density at radius 3 is 1.31 bits per heavy atom. The maximum absolute atomic E-state index is 9.51. The highest BCUT2D eigenvalue weighted by atomic mass is 14.4. The van der Waals surface area contributed by atoms with E-state index in [9.17, 15) is 31.6 Å². The number of allylic oxidation sites excluding steroid dienone is 1. The first-order chi connectivity index (χ1) is 12.6. The maximum atomic E-state index is 9.51. The van der Waals surface area contributed by atoms with Crippen LogP contribution >= 0.6 is 0 Å². The van der Waals surface area contributed by atoms with Crippen LogP contribution in [0.25, 0.3) is 16.7 Å². The molecule has 1 aliphatic carbocycles. The smallest absolute Gasteiger partial charge is 0.138 e. The molecule has 3 rings (SSSR count). The highest BCUT2D eigenvalue weighted by molar-refractivity contribution is 6.07. The van der Waals surface area contributed by atoms with Crippen LogP contribution < -0.4 is 0 Å². The van der Waals surface area contributed by atoms with Gasteiger partial charge in [0, 0.05) is 16.7 Å². The van der Waals surface area contributed by atoms with Crippen LogP contribution in [-0.2, 0) is 0 Å². The van der Waals surface area contributed by atoms with Crippen LogP contribution in [0.1, 0.15) is 33.4 Å². The SMILES string of the molecule is N#CC(C#N)=C1c2cc(C#N)cc(C#N)c2-c2c(C#N)cc(C#N)cc21. The van der Waals surface area contributed by atoms with Crippen molar-refractivity contribution in [2.24, 2.45) is 0 Å². The first-order valence-electron chi connectivity index (χ1n) is 7.15. The van der Waals surface area contributed by atoms with Crippen LogP contribution in [0.3, 0.4) is 0 Å². The topological polar surface area (TPSA) is 143 Å². The molecule has 1 aliphatic rings. The van der Waals surface area contributed by atoms with Crippen molar-refractivity contribution >= 4 is 5.57 Å². The number of benzene rings is 2. The largest absolute Gasteiger partial charge is 0.192 e. The average molecular weight is 328 g/mol. The summed E-state index contributed by atoms with van der Waals surface area (Å²) in [4.78, 5) is 0. The molecule has 0 atom stereocenters. The third-order valence-corrected chi connectivity index (χ3v) is 4.04. The molecule has 0 amide bonds. The molecule has 26 heavy (non-hydrogen) atoms. The van der Waals surface area contributed by atoms with E-state index in [2.05, 4.69) is 0 Å². The van der Waals surface area contributed by atoms with Crippen molar-refractivity contribution in [2.75, 3.05) is 0 Å². The van der Waals surface area contributed by atoms with Gasteiger partial charge in [0.15, 0.2) is 0 Å². The molecule has 0 radical (unpaired) electrons. The summed E-state index contributed by atoms with van der Waals surface area (Å²) >= 11 is 0. The van der Waals surface area contributed by atoms with Crippen molar-refractivity contribution in [1.29, 1.82) is 31.6 Å². The summed E-state index contributed by atoms with van der Waals surface area (Å²) in [6.45, 7) is 0. The van der Waals surface area contributed by atoms with Crippen molar-refractivity contribution in [2.45, 2.75) is 0 Å². The summed E-state index contributed by atoms with van der Waals surface area (Å²) < 4.78 is 0. The molecule has 0 fully saturated rings. The molecule has 0 aromatic heterocycles. The molecule has 0 bridgehead atoms. The molecule has 0 aliphatic heterocycles. The second-order valence-electron chi connectivity index (χ2n) is 5.31. The molecule has 0 saturated heterocycles. The van der Waals surface area contributed by atoms with Crippen molar-refractivity contribution in [3.8, 4) is 47.5 Å². The second-order valence-corrected chi connectivity index (χ2v) is 5.31. The number of hydrogen-bond donors (Lipinski definition) is 0. The van der Waals surface area contributed by atoms with E-state index in [0.29, 0.717) is 22.3 Å². The molecule has 0 heterocycles. The van der Waals surface area contributed by atoms with E-state index in [1.807, 2.05) is 36.4 Å². The number of rotatable bonds is 0. The zero-order valence-corrected chi connectivity index (χ0v) is 13.0. The Hall–Kier alpha value is -4.88. The third kappa shape index (κ3) is 2.07. The van der Waals surface area contributed by atoms with Gasteiger partial charge in [-0.25, -0.2) is 0 Å². The summed E-state index contributed by atoms with van der Waals surface area (Å²) in [5.74, 6) is 0. The fourth-order valence-electron chi connectivity index (χ4n) is 3.07. The Bertz CT molecular complexity index is 1190. The van der Waals surface area contributed by atoms with Crippen LogP contribution in [0.5, 0.6) is 0 Å². The van der Waals surface area contributed by atoms with Gasteiger partial charge in [0.25, 0.3) is 0 Å². The molecule has 0 N–H and O–H groups in total. The Balaban J connectivity index is 2.65. The Morgan fingerprint density at radius 1 is 0.577 bits per heavy atom. The summed E-state index contributed by atoms with van der Waals surface area (Å²) in [6, 6.07) is 17.3. The van der Waals surface area contributed by atoms with Gasteiger partial charge >= 0.3 is 0 Å². The van der Waals surface area contributed by atoms with E-state index in [4.69, 9.17) is 0 Å². The lowest BCUT2D eigenvalue weighted by atomic mass is 9.94. The molecule has 0 unspecified atom stereocenters. The number of nitriles is 6. The molecule has 0 spiro atoms. The van der Waals surface area contributed by atoms with E-state index >= 15 is 0 Å². The fourth-order valence-corrected chi connectivity index (χ4v) is 3.07. The first kappa shape index (κ1) is 16.0. The monoisotopic (exact) mass is 328 g/mol. The van der Waals surface area contributed by atoms with E-state index in [1.165, 1.54) is 24.3 Å². The standard InChI is InChI=1S/C20H4N6/c21-5-11-1-13(7-23)19-16(3-11)18(15(9-25)10-26)17-4-12(6-22)2-14(8-24)20(17)19/h1-4H. The predicted molar refractivity (Wildman–Crippen MR) is 88.0 cm³/mol. The number of hydrogen-bond acceptors (Lipinski definition) is 6. The third-order valence-electron chi connectivity index (χ3n) is 4.04. The Labute approximate surface area is 148 Å². The highest BCUT2D eigenvalue weighted by Crippen LogP contribution is 2.49. The minimum Gasteiger partial charge on any atom is -0.192 e. The first-order valence-corrected chi connectivity index (χ1v) is 7.15. The van der Waals surface area contributed by atoms with E-state index in [1.54, 1.807) is 0 Å². The molecule has 6 nitrogen and oxygen atoms in total. The minimum absolute atomic E-state index is 0.159. The lowest BCUT2D eigenvalue weighted by Gasteiger charge is -2.06. The zero-order chi connectivity index (χ0) is 18.8. The van der Waals surface area contributed by atoms with Crippen molar-refractivity contribution < 1.29 is 0 Å². The van der Waals surface area contributed by atoms with Crippen molar-refractivity contribution in [3.05, 3.63) is 63.2 Å². The highest BCUT2D eigenvalue weighted by Gasteiger charge is 2.32. The zero-order valence-electron chi connectivity index (χ0n) is 13.0. The molecule has 114 valence electrons. The normalized spacial score (nSPS) is 10.0. The van der Waals surface area contributed by atoms with Gasteiger partial charge < -0.3 is 0 Å². The Kier molecular flexibility index (Phi) is 3.67. The molecular weight excluding hydrogens is 324 g/mol. The molecule has 0 saturated carbocycles. The molecular formula is C20H4N6. The van der Waals surface area contributed by atoms with Gasteiger partial charge in [-0.2, -0.15) is 31.6 Å². The predicted octanol–water partition coefficient (Wildman–Crippen LogP) is 3.00. The van der Waals surface area contributed by atoms with E-state index in [-0.39, 0.29) is 33.4 Å². The summed E-state index contributed by atoms with van der Waals surface area (Å²) in [5, 5.41) is 56.2. The van der Waals surface area contributed by atoms with Gasteiger partial charge in [-0.1, -0.05) is 0 Å².